The lowest BCUT2D eigenvalue weighted by atomic mass is 9.91. The molecule has 0 aliphatic carbocycles. The van der Waals surface area contributed by atoms with Crippen molar-refractivity contribution >= 4 is 16.8 Å². The van der Waals surface area contributed by atoms with Crippen LogP contribution in [-0.2, 0) is 25.7 Å². The van der Waals surface area contributed by atoms with E-state index >= 15 is 0 Å². The molecular formula is C26H26N4O2. The summed E-state index contributed by atoms with van der Waals surface area (Å²) in [7, 11) is 1.89. The molecular weight excluding hydrogens is 400 g/mol. The van der Waals surface area contributed by atoms with Gasteiger partial charge in [-0.05, 0) is 67.3 Å². The molecule has 162 valence electrons. The zero-order valence-electron chi connectivity index (χ0n) is 18.8. The molecule has 1 aliphatic rings. The van der Waals surface area contributed by atoms with E-state index in [0.717, 1.165) is 44.4 Å². The maximum Gasteiger partial charge on any atom is 0.256 e. The van der Waals surface area contributed by atoms with Gasteiger partial charge < -0.3 is 10.0 Å². The minimum atomic E-state index is -1.00. The van der Waals surface area contributed by atoms with Gasteiger partial charge in [0.15, 0.2) is 0 Å². The Bertz CT molecular complexity index is 1360. The second-order valence-corrected chi connectivity index (χ2v) is 9.12. The molecule has 6 heteroatoms. The highest BCUT2D eigenvalue weighted by Crippen LogP contribution is 2.34. The molecule has 0 saturated heterocycles. The minimum Gasteiger partial charge on any atom is -0.386 e. The topological polar surface area (TPSA) is 71.2 Å². The van der Waals surface area contributed by atoms with Crippen molar-refractivity contribution in [2.24, 2.45) is 7.05 Å². The summed E-state index contributed by atoms with van der Waals surface area (Å²) < 4.78 is 1.78. The average Bonchev–Trinajstić information content (AvgIpc) is 3.27. The fourth-order valence-corrected chi connectivity index (χ4v) is 4.46. The molecule has 1 N–H and O–H groups in total. The van der Waals surface area contributed by atoms with Crippen LogP contribution in [0.25, 0.3) is 22.0 Å². The molecule has 0 atom stereocenters. The van der Waals surface area contributed by atoms with Crippen molar-refractivity contribution in [2.75, 3.05) is 0 Å². The first kappa shape index (κ1) is 20.4. The second kappa shape index (κ2) is 7.28. The number of fused-ring (bicyclic) bond motifs is 2. The Hall–Kier alpha value is -3.51. The SMILES string of the molecule is Cc1cc(-c2cc(C(C)(C)O)c3nn(C)cc3c2)ccc1CN1Cc2ncccc2C1=O. The maximum absolute atomic E-state index is 12.7. The number of nitrogens with zero attached hydrogens (tertiary/aromatic N) is 4. The third kappa shape index (κ3) is 3.46. The highest BCUT2D eigenvalue weighted by atomic mass is 16.3. The van der Waals surface area contributed by atoms with E-state index in [9.17, 15) is 9.90 Å². The van der Waals surface area contributed by atoms with Crippen molar-refractivity contribution in [2.45, 2.75) is 39.5 Å². The number of pyridine rings is 1. The van der Waals surface area contributed by atoms with Crippen molar-refractivity contribution in [1.29, 1.82) is 0 Å². The standard InChI is InChI=1S/C26H26N4O2/c1-16-10-17(19-11-20-13-29(4)28-24(20)22(12-19)26(2,3)32)7-8-18(16)14-30-15-23-21(25(30)31)6-5-9-27-23/h5-13,32H,14-15H2,1-4H3. The summed E-state index contributed by atoms with van der Waals surface area (Å²) in [6.45, 7) is 6.74. The van der Waals surface area contributed by atoms with E-state index < -0.39 is 5.60 Å². The Kier molecular flexibility index (Phi) is 4.64. The Labute approximate surface area is 187 Å². The van der Waals surface area contributed by atoms with E-state index in [1.165, 1.54) is 0 Å². The van der Waals surface area contributed by atoms with E-state index in [1.807, 2.05) is 30.3 Å². The van der Waals surface area contributed by atoms with Crippen LogP contribution in [0.3, 0.4) is 0 Å². The van der Waals surface area contributed by atoms with Crippen LogP contribution < -0.4 is 0 Å². The summed E-state index contributed by atoms with van der Waals surface area (Å²) in [6.07, 6.45) is 3.71. The number of hydrogen-bond acceptors (Lipinski definition) is 4. The molecule has 32 heavy (non-hydrogen) atoms. The Balaban J connectivity index is 1.48. The predicted molar refractivity (Wildman–Crippen MR) is 124 cm³/mol. The summed E-state index contributed by atoms with van der Waals surface area (Å²) in [5, 5.41) is 16.3. The molecule has 0 spiro atoms. The van der Waals surface area contributed by atoms with Crippen molar-refractivity contribution in [1.82, 2.24) is 19.7 Å². The van der Waals surface area contributed by atoms with Crippen LogP contribution in [0.5, 0.6) is 0 Å². The van der Waals surface area contributed by atoms with Gasteiger partial charge in [0.05, 0.1) is 28.9 Å². The predicted octanol–water partition coefficient (Wildman–Crippen LogP) is 4.33. The summed E-state index contributed by atoms with van der Waals surface area (Å²) in [6, 6.07) is 14.1. The Morgan fingerprint density at radius 1 is 1.12 bits per heavy atom. The Morgan fingerprint density at radius 3 is 2.66 bits per heavy atom. The molecule has 0 radical (unpaired) electrons. The molecule has 3 heterocycles. The highest BCUT2D eigenvalue weighted by Gasteiger charge is 2.28. The van der Waals surface area contributed by atoms with E-state index in [1.54, 1.807) is 30.8 Å². The molecule has 1 amide bonds. The average molecular weight is 427 g/mol. The molecule has 1 aliphatic heterocycles. The van der Waals surface area contributed by atoms with Crippen molar-refractivity contribution < 1.29 is 9.90 Å². The first-order valence-corrected chi connectivity index (χ1v) is 10.7. The smallest absolute Gasteiger partial charge is 0.256 e. The maximum atomic E-state index is 12.7. The number of hydrogen-bond donors (Lipinski definition) is 1. The quantitative estimate of drug-likeness (QED) is 0.527. The zero-order chi connectivity index (χ0) is 22.6. The van der Waals surface area contributed by atoms with Gasteiger partial charge in [-0.25, -0.2) is 0 Å². The van der Waals surface area contributed by atoms with Gasteiger partial charge >= 0.3 is 0 Å². The number of aromatic nitrogens is 3. The number of rotatable bonds is 4. The van der Waals surface area contributed by atoms with Gasteiger partial charge in [0.25, 0.3) is 5.91 Å². The van der Waals surface area contributed by atoms with Crippen LogP contribution in [0.2, 0.25) is 0 Å². The van der Waals surface area contributed by atoms with Gasteiger partial charge in [0, 0.05) is 36.9 Å². The molecule has 2 aromatic heterocycles. The molecule has 0 bridgehead atoms. The fourth-order valence-electron chi connectivity index (χ4n) is 4.46. The van der Waals surface area contributed by atoms with Gasteiger partial charge in [0.2, 0.25) is 0 Å². The normalized spacial score (nSPS) is 13.8. The van der Waals surface area contributed by atoms with Crippen LogP contribution in [-0.4, -0.2) is 30.7 Å². The van der Waals surface area contributed by atoms with Crippen LogP contribution in [0.15, 0.2) is 54.9 Å². The van der Waals surface area contributed by atoms with Gasteiger partial charge in [-0.3, -0.25) is 14.5 Å². The van der Waals surface area contributed by atoms with Crippen molar-refractivity contribution in [3.8, 4) is 11.1 Å². The van der Waals surface area contributed by atoms with Gasteiger partial charge in [0.1, 0.15) is 0 Å². The lowest BCUT2D eigenvalue weighted by Crippen LogP contribution is -2.23. The molecule has 0 saturated carbocycles. The minimum absolute atomic E-state index is 0.0356. The molecule has 0 unspecified atom stereocenters. The number of aliphatic hydroxyl groups is 1. The lowest BCUT2D eigenvalue weighted by molar-refractivity contribution is 0.0765. The highest BCUT2D eigenvalue weighted by molar-refractivity contribution is 5.97. The first-order valence-electron chi connectivity index (χ1n) is 10.7. The third-order valence-corrected chi connectivity index (χ3v) is 6.17. The molecule has 6 nitrogen and oxygen atoms in total. The fraction of sp³-hybridized carbons (Fsp3) is 0.269. The second-order valence-electron chi connectivity index (χ2n) is 9.12. The van der Waals surface area contributed by atoms with Crippen LogP contribution in [0, 0.1) is 6.92 Å². The van der Waals surface area contributed by atoms with Gasteiger partial charge in [-0.1, -0.05) is 18.2 Å². The summed E-state index contributed by atoms with van der Waals surface area (Å²) in [5.41, 5.74) is 6.50. The van der Waals surface area contributed by atoms with Crippen LogP contribution in [0.4, 0.5) is 0 Å². The van der Waals surface area contributed by atoms with E-state index in [0.29, 0.717) is 18.7 Å². The van der Waals surface area contributed by atoms with E-state index in [-0.39, 0.29) is 5.91 Å². The Morgan fingerprint density at radius 2 is 1.94 bits per heavy atom. The van der Waals surface area contributed by atoms with Crippen LogP contribution in [0.1, 0.15) is 46.6 Å². The lowest BCUT2D eigenvalue weighted by Gasteiger charge is -2.20. The molecule has 2 aromatic carbocycles. The number of aryl methyl sites for hydroxylation is 2. The molecule has 5 rings (SSSR count). The van der Waals surface area contributed by atoms with Gasteiger partial charge in [-0.15, -0.1) is 0 Å². The first-order chi connectivity index (χ1) is 15.2. The van der Waals surface area contributed by atoms with Crippen molar-refractivity contribution in [3.05, 3.63) is 82.8 Å². The van der Waals surface area contributed by atoms with Crippen molar-refractivity contribution in [3.63, 3.8) is 0 Å². The number of carbonyl (C=O) groups is 1. The van der Waals surface area contributed by atoms with Gasteiger partial charge in [-0.2, -0.15) is 5.10 Å². The summed E-state index contributed by atoms with van der Waals surface area (Å²) in [5.74, 6) is 0.0356. The third-order valence-electron chi connectivity index (χ3n) is 6.17. The summed E-state index contributed by atoms with van der Waals surface area (Å²) in [4.78, 5) is 18.9. The van der Waals surface area contributed by atoms with E-state index in [2.05, 4.69) is 41.3 Å². The monoisotopic (exact) mass is 426 g/mol. The molecule has 4 aromatic rings. The summed E-state index contributed by atoms with van der Waals surface area (Å²) >= 11 is 0. The number of carbonyl (C=O) groups excluding carboxylic acids is 1. The van der Waals surface area contributed by atoms with Crippen LogP contribution >= 0.6 is 0 Å². The number of amides is 1. The van der Waals surface area contributed by atoms with E-state index in [4.69, 9.17) is 0 Å². The molecule has 0 fully saturated rings. The largest absolute Gasteiger partial charge is 0.386 e. The zero-order valence-corrected chi connectivity index (χ0v) is 18.8. The number of benzene rings is 2.